The maximum Gasteiger partial charge on any atom is 0.409 e. The van der Waals surface area contributed by atoms with Crippen molar-refractivity contribution >= 4 is 62.6 Å². The highest BCUT2D eigenvalue weighted by Gasteiger charge is 2.51. The van der Waals surface area contributed by atoms with E-state index in [-0.39, 0.29) is 90.6 Å². The van der Waals surface area contributed by atoms with Crippen LogP contribution in [-0.2, 0) is 14.3 Å². The Labute approximate surface area is 490 Å². The molecule has 0 radical (unpaired) electrons. The molecule has 8 atom stereocenters. The van der Waals surface area contributed by atoms with Crippen LogP contribution < -0.4 is 25.2 Å². The number of amides is 3. The van der Waals surface area contributed by atoms with Gasteiger partial charge in [-0.3, -0.25) is 19.5 Å². The zero-order chi connectivity index (χ0) is 58.0. The lowest BCUT2D eigenvalue weighted by Gasteiger charge is -2.36. The van der Waals surface area contributed by atoms with E-state index in [9.17, 15) is 24.6 Å². The van der Waals surface area contributed by atoms with Crippen molar-refractivity contribution in [3.8, 4) is 33.5 Å². The normalized spacial score (nSPS) is 24.1. The van der Waals surface area contributed by atoms with Gasteiger partial charge in [-0.2, -0.15) is 9.97 Å². The van der Waals surface area contributed by atoms with Crippen molar-refractivity contribution in [2.24, 2.45) is 5.92 Å². The molecule has 84 heavy (non-hydrogen) atoms. The molecular formula is C62H71FN12O8S. The number of benzene rings is 3. The second-order valence-corrected chi connectivity index (χ2v) is 25.0. The molecule has 3 amide bonds. The lowest BCUT2D eigenvalue weighted by molar-refractivity contribution is -0.141. The van der Waals surface area contributed by atoms with Crippen LogP contribution in [0.25, 0.3) is 43.4 Å². The van der Waals surface area contributed by atoms with Gasteiger partial charge in [-0.1, -0.05) is 67.5 Å². The van der Waals surface area contributed by atoms with E-state index in [0.717, 1.165) is 77.5 Å². The highest BCUT2D eigenvalue weighted by Crippen LogP contribution is 2.44. The summed E-state index contributed by atoms with van der Waals surface area (Å²) < 4.78 is 35.7. The fourth-order valence-corrected chi connectivity index (χ4v) is 14.8. The third-order valence-corrected chi connectivity index (χ3v) is 19.4. The molecule has 4 N–H and O–H groups in total. The number of aromatic hydroxyl groups is 1. The van der Waals surface area contributed by atoms with E-state index in [1.54, 1.807) is 34.6 Å². The monoisotopic (exact) mass is 1160 g/mol. The third-order valence-electron chi connectivity index (χ3n) is 18.4. The number of aliphatic hydroxyl groups is 1. The minimum atomic E-state index is -0.864. The Morgan fingerprint density at radius 1 is 0.917 bits per heavy atom. The number of fused-ring (bicyclic) bond motifs is 5. The maximum absolute atomic E-state index is 17.1. The average Bonchev–Trinajstić information content (AvgIpc) is 2.09. The molecule has 6 aliphatic heterocycles. The fraction of sp³-hybridized carbons (Fsp3) is 0.484. The van der Waals surface area contributed by atoms with Gasteiger partial charge in [0.25, 0.3) is 0 Å². The number of pyridine rings is 1. The van der Waals surface area contributed by atoms with Crippen molar-refractivity contribution in [3.05, 3.63) is 101 Å². The summed E-state index contributed by atoms with van der Waals surface area (Å²) in [5, 5.41) is 34.7. The highest BCUT2D eigenvalue weighted by atomic mass is 32.1. The number of ether oxygens (including phenoxy) is 2. The number of aromatic nitrogens is 5. The number of carbonyl (C=O) groups excluding carboxylic acids is 3. The number of β-amino-alcohol motifs (C(OH)–C–C–N with tert-alkyl or cyclic N) is 1. The van der Waals surface area contributed by atoms with Crippen molar-refractivity contribution < 1.29 is 43.0 Å². The SMILES string of the molecule is Cc1ncsc1-c1ccc([C@H](C)NC(=O)[C@@H]2C[C@@H](O)CN2C(=O)[C@@H](c2cc(N3CCN(C(=O)OCC4CC[C@@]5(COc6nc(N7CC8CCC(C7)N8)c7cnc(-c8cc(O)cc9ccccc89)c(F)c7n6)CCCN45)CC3)no2)C(C)C)cc1. The second-order valence-electron chi connectivity index (χ2n) is 24.1. The number of halogens is 1. The van der Waals surface area contributed by atoms with Gasteiger partial charge >= 0.3 is 12.1 Å². The molecule has 3 unspecified atom stereocenters. The first kappa shape index (κ1) is 55.6. The van der Waals surface area contributed by atoms with Crippen molar-refractivity contribution in [1.29, 1.82) is 0 Å². The smallest absolute Gasteiger partial charge is 0.409 e. The summed E-state index contributed by atoms with van der Waals surface area (Å²) >= 11 is 1.58. The third kappa shape index (κ3) is 10.6. The van der Waals surface area contributed by atoms with E-state index in [1.165, 1.54) is 11.0 Å². The number of nitrogens with zero attached hydrogens (tertiary/aromatic N) is 10. The molecule has 10 heterocycles. The Bertz CT molecular complexity index is 3600. The number of aryl methyl sites for hydroxylation is 1. The van der Waals surface area contributed by atoms with Crippen LogP contribution >= 0.6 is 11.3 Å². The number of phenolic OH excluding ortho intramolecular Hbond substituents is 1. The van der Waals surface area contributed by atoms with Gasteiger partial charge in [-0.05, 0) is 98.9 Å². The number of piperazine rings is 2. The molecule has 2 bridgehead atoms. The van der Waals surface area contributed by atoms with Crippen molar-refractivity contribution in [1.82, 2.24) is 50.4 Å². The van der Waals surface area contributed by atoms with E-state index >= 15 is 4.39 Å². The summed E-state index contributed by atoms with van der Waals surface area (Å²) in [6.45, 7) is 12.2. The summed E-state index contributed by atoms with van der Waals surface area (Å²) in [6.07, 6.45) is 6.10. The Hall–Kier alpha value is -7.53. The lowest BCUT2D eigenvalue weighted by atomic mass is 9.91. The minimum absolute atomic E-state index is 0.0114. The van der Waals surface area contributed by atoms with Crippen molar-refractivity contribution in [2.45, 2.75) is 120 Å². The highest BCUT2D eigenvalue weighted by molar-refractivity contribution is 7.13. The van der Waals surface area contributed by atoms with Gasteiger partial charge in [-0.15, -0.1) is 11.3 Å². The van der Waals surface area contributed by atoms with E-state index in [2.05, 4.69) is 35.6 Å². The number of anilines is 2. The molecule has 440 valence electrons. The van der Waals surface area contributed by atoms with Crippen LogP contribution in [0.5, 0.6) is 11.8 Å². The molecule has 13 rings (SSSR count). The number of likely N-dealkylation sites (tertiary alicyclic amines) is 1. The van der Waals surface area contributed by atoms with Gasteiger partial charge in [0.1, 0.15) is 48.0 Å². The number of hydrogen-bond donors (Lipinski definition) is 4. The summed E-state index contributed by atoms with van der Waals surface area (Å²) in [6, 6.07) is 20.0. The summed E-state index contributed by atoms with van der Waals surface area (Å²) in [5.74, 6) is -0.715. The average molecular weight is 1160 g/mol. The number of phenols is 1. The largest absolute Gasteiger partial charge is 0.508 e. The van der Waals surface area contributed by atoms with E-state index < -0.39 is 23.9 Å². The molecular weight excluding hydrogens is 1090 g/mol. The summed E-state index contributed by atoms with van der Waals surface area (Å²) in [4.78, 5) is 71.8. The van der Waals surface area contributed by atoms with Gasteiger partial charge in [0.2, 0.25) is 11.8 Å². The van der Waals surface area contributed by atoms with Crippen LogP contribution in [0.15, 0.2) is 83.0 Å². The Balaban J connectivity index is 0.627. The number of rotatable bonds is 15. The van der Waals surface area contributed by atoms with E-state index in [1.807, 2.05) is 86.6 Å². The van der Waals surface area contributed by atoms with Gasteiger partial charge < -0.3 is 54.4 Å². The quantitative estimate of drug-likeness (QED) is 0.0763. The van der Waals surface area contributed by atoms with Crippen LogP contribution in [-0.4, -0.2) is 169 Å². The first-order chi connectivity index (χ1) is 40.7. The first-order valence-electron chi connectivity index (χ1n) is 29.6. The summed E-state index contributed by atoms with van der Waals surface area (Å²) in [7, 11) is 0. The lowest BCUT2D eigenvalue weighted by Crippen LogP contribution is -2.51. The molecule has 6 fully saturated rings. The zero-order valence-electron chi connectivity index (χ0n) is 47.7. The van der Waals surface area contributed by atoms with E-state index in [0.29, 0.717) is 79.7 Å². The molecule has 4 aromatic heterocycles. The molecule has 22 heteroatoms. The molecule has 7 aromatic rings. The molecule has 3 aromatic carbocycles. The van der Waals surface area contributed by atoms with E-state index in [4.69, 9.17) is 24.0 Å². The van der Waals surface area contributed by atoms with Crippen LogP contribution in [0.4, 0.5) is 20.8 Å². The first-order valence-corrected chi connectivity index (χ1v) is 30.5. The number of nitrogens with one attached hydrogen (secondary N) is 2. The molecule has 0 aliphatic carbocycles. The zero-order valence-corrected chi connectivity index (χ0v) is 48.6. The standard InChI is InChI=1S/C62H71FN12O8S/c1-35(2)52(59(79)74-31-45(77)26-49(74)58(78)66-36(3)38-10-12-39(13-11-38)56-37(4)65-34-84-56)50-27-51(70-83-50)71-20-22-72(23-21-71)61(80)81-32-43-16-18-62(17-7-19-75(43)62)33-82-60-68-55-48(57(69-60)73-29-41-14-15-42(30-73)67-41)28-64-54(53(55)63)47-25-44(76)24-40-8-5-6-9-46(40)47/h5-6,8-13,24-25,27-28,34-36,41-43,45,49,52,67,76-77H,7,14-23,26,29-33H2,1-4H3,(H,66,78)/t36-,41?,42?,43?,45+,49-,52+,62+/m0/s1. The minimum Gasteiger partial charge on any atom is -0.508 e. The number of carbonyl (C=O) groups is 3. The molecule has 6 aliphatic rings. The summed E-state index contributed by atoms with van der Waals surface area (Å²) in [5.41, 5.74) is 5.08. The fourth-order valence-electron chi connectivity index (χ4n) is 14.0. The Morgan fingerprint density at radius 3 is 2.46 bits per heavy atom. The topological polar surface area (TPSA) is 228 Å². The Kier molecular flexibility index (Phi) is 15.1. The molecule has 0 saturated carbocycles. The predicted octanol–water partition coefficient (Wildman–Crippen LogP) is 7.96. The van der Waals surface area contributed by atoms with Gasteiger partial charge in [0.15, 0.2) is 17.4 Å². The van der Waals surface area contributed by atoms with Crippen LogP contribution in [0.3, 0.4) is 0 Å². The molecule has 20 nitrogen and oxygen atoms in total. The van der Waals surface area contributed by atoms with Gasteiger partial charge in [0.05, 0.1) is 39.2 Å². The van der Waals surface area contributed by atoms with Crippen molar-refractivity contribution in [3.63, 3.8) is 0 Å². The van der Waals surface area contributed by atoms with Gasteiger partial charge in [0, 0.05) is 88.2 Å². The number of thiazole rings is 1. The van der Waals surface area contributed by atoms with Gasteiger partial charge in [-0.25, -0.2) is 14.2 Å². The second kappa shape index (κ2) is 22.8. The van der Waals surface area contributed by atoms with Crippen LogP contribution in [0.2, 0.25) is 0 Å². The maximum atomic E-state index is 17.1. The molecule has 6 saturated heterocycles. The van der Waals surface area contributed by atoms with Crippen molar-refractivity contribution in [2.75, 3.05) is 75.4 Å². The number of aliphatic hydroxyl groups excluding tert-OH is 1. The molecule has 0 spiro atoms. The Morgan fingerprint density at radius 2 is 1.70 bits per heavy atom. The van der Waals surface area contributed by atoms with Crippen LogP contribution in [0, 0.1) is 18.7 Å². The van der Waals surface area contributed by atoms with Crippen LogP contribution in [0.1, 0.15) is 94.7 Å². The predicted molar refractivity (Wildman–Crippen MR) is 315 cm³/mol. The number of hydrogen-bond acceptors (Lipinski definition) is 18.